The first kappa shape index (κ1) is 15.2. The summed E-state index contributed by atoms with van der Waals surface area (Å²) >= 11 is 0. The summed E-state index contributed by atoms with van der Waals surface area (Å²) in [4.78, 5) is 31.3. The lowest BCUT2D eigenvalue weighted by Crippen LogP contribution is -2.38. The van der Waals surface area contributed by atoms with Crippen molar-refractivity contribution in [2.75, 3.05) is 6.54 Å². The van der Waals surface area contributed by atoms with Crippen molar-refractivity contribution in [3.8, 4) is 17.6 Å². The normalized spacial score (nSPS) is 23.2. The largest absolute Gasteiger partial charge is 0.493 e. The molecule has 26 heavy (non-hydrogen) atoms. The Morgan fingerprint density at radius 3 is 2.85 bits per heavy atom. The van der Waals surface area contributed by atoms with Crippen molar-refractivity contribution in [3.05, 3.63) is 39.7 Å². The number of hydrogen-bond donors (Lipinski definition) is 1. The molecular weight excluding hydrogens is 334 g/mol. The van der Waals surface area contributed by atoms with E-state index in [4.69, 9.17) is 5.26 Å². The van der Waals surface area contributed by atoms with E-state index in [1.54, 1.807) is 17.6 Å². The smallest absolute Gasteiger partial charge is 0.336 e. The molecule has 3 aliphatic rings. The number of fused-ring (bicyclic) bond motifs is 5. The molecule has 2 aliphatic heterocycles. The van der Waals surface area contributed by atoms with E-state index in [0.717, 1.165) is 12.8 Å². The number of pyridine rings is 1. The van der Waals surface area contributed by atoms with Crippen molar-refractivity contribution >= 4 is 5.91 Å². The zero-order valence-electron chi connectivity index (χ0n) is 14.2. The molecule has 8 heteroatoms. The Labute approximate surface area is 148 Å². The van der Waals surface area contributed by atoms with Gasteiger partial charge in [-0.15, -0.1) is 0 Å². The highest BCUT2D eigenvalue weighted by atomic mass is 16.3. The number of likely N-dealkylation sites (tertiary alicyclic amines) is 1. The molecule has 1 amide bonds. The molecular formula is C18H17N5O3. The highest BCUT2D eigenvalue weighted by Crippen LogP contribution is 2.50. The average Bonchev–Trinajstić information content (AvgIpc) is 3.21. The summed E-state index contributed by atoms with van der Waals surface area (Å²) in [5.74, 6) is 0.116. The standard InChI is InChI=1S/C18H17N5O3/c1-9-4-11(7-20-13(9)6-19)23-17(25)15-14-5-12(22(15)18(23)26)8-21(14)16(24)10-2-3-10/h4,7,10,12,14,25H,2-3,5,8H2,1H3/t12-,14?/m1/s1. The molecule has 8 nitrogen and oxygen atoms in total. The van der Waals surface area contributed by atoms with Gasteiger partial charge in [-0.2, -0.15) is 5.26 Å². The summed E-state index contributed by atoms with van der Waals surface area (Å²) in [7, 11) is 0. The number of carbonyl (C=O) groups excluding carboxylic acids is 1. The molecule has 1 N–H and O–H groups in total. The number of nitriles is 1. The number of rotatable bonds is 2. The van der Waals surface area contributed by atoms with E-state index < -0.39 is 0 Å². The molecule has 0 radical (unpaired) electrons. The zero-order valence-corrected chi connectivity index (χ0v) is 14.2. The van der Waals surface area contributed by atoms with Crippen LogP contribution in [0.2, 0.25) is 0 Å². The van der Waals surface area contributed by atoms with Gasteiger partial charge in [-0.1, -0.05) is 0 Å². The second kappa shape index (κ2) is 4.97. The maximum atomic E-state index is 12.9. The maximum Gasteiger partial charge on any atom is 0.336 e. The Bertz CT molecular complexity index is 1060. The number of amides is 1. The molecule has 2 aromatic rings. The van der Waals surface area contributed by atoms with Crippen LogP contribution in [0.3, 0.4) is 0 Å². The van der Waals surface area contributed by atoms with Crippen LogP contribution in [0.4, 0.5) is 0 Å². The number of aromatic nitrogens is 3. The molecule has 1 unspecified atom stereocenters. The van der Waals surface area contributed by atoms with Gasteiger partial charge in [0.2, 0.25) is 11.8 Å². The molecule has 1 saturated carbocycles. The molecule has 1 saturated heterocycles. The van der Waals surface area contributed by atoms with Crippen LogP contribution in [0, 0.1) is 24.2 Å². The Morgan fingerprint density at radius 1 is 1.42 bits per heavy atom. The summed E-state index contributed by atoms with van der Waals surface area (Å²) < 4.78 is 2.84. The van der Waals surface area contributed by atoms with Crippen molar-refractivity contribution in [2.45, 2.75) is 38.3 Å². The minimum Gasteiger partial charge on any atom is -0.493 e. The minimum absolute atomic E-state index is 0.0928. The highest BCUT2D eigenvalue weighted by Gasteiger charge is 2.51. The maximum absolute atomic E-state index is 12.9. The van der Waals surface area contributed by atoms with E-state index in [-0.39, 0.29) is 41.2 Å². The van der Waals surface area contributed by atoms with Crippen molar-refractivity contribution in [1.29, 1.82) is 5.26 Å². The van der Waals surface area contributed by atoms with Crippen LogP contribution in [0.15, 0.2) is 17.1 Å². The molecule has 2 bridgehead atoms. The quantitative estimate of drug-likeness (QED) is 0.874. The lowest BCUT2D eigenvalue weighted by molar-refractivity contribution is -0.134. The Balaban J connectivity index is 1.61. The van der Waals surface area contributed by atoms with Crippen LogP contribution < -0.4 is 5.69 Å². The van der Waals surface area contributed by atoms with E-state index in [2.05, 4.69) is 4.98 Å². The summed E-state index contributed by atoms with van der Waals surface area (Å²) in [5, 5.41) is 19.8. The molecule has 5 rings (SSSR count). The van der Waals surface area contributed by atoms with Crippen molar-refractivity contribution in [1.82, 2.24) is 19.0 Å². The van der Waals surface area contributed by atoms with Gasteiger partial charge in [0.25, 0.3) is 0 Å². The first-order valence-electron chi connectivity index (χ1n) is 8.75. The lowest BCUT2D eigenvalue weighted by atomic mass is 10.2. The average molecular weight is 351 g/mol. The topological polar surface area (TPSA) is 104 Å². The van der Waals surface area contributed by atoms with Gasteiger partial charge < -0.3 is 10.0 Å². The van der Waals surface area contributed by atoms with Gasteiger partial charge in [0.15, 0.2) is 0 Å². The first-order chi connectivity index (χ1) is 12.5. The number of carbonyl (C=O) groups is 1. The van der Waals surface area contributed by atoms with Crippen LogP contribution in [0.1, 0.15) is 48.3 Å². The third-order valence-electron chi connectivity index (χ3n) is 5.70. The van der Waals surface area contributed by atoms with Crippen LogP contribution in [0.25, 0.3) is 5.69 Å². The van der Waals surface area contributed by atoms with Gasteiger partial charge in [0, 0.05) is 12.5 Å². The van der Waals surface area contributed by atoms with Crippen molar-refractivity contribution in [3.63, 3.8) is 0 Å². The zero-order chi connectivity index (χ0) is 18.2. The Morgan fingerprint density at radius 2 is 2.19 bits per heavy atom. The monoisotopic (exact) mass is 351 g/mol. The van der Waals surface area contributed by atoms with Crippen molar-refractivity contribution < 1.29 is 9.90 Å². The highest BCUT2D eigenvalue weighted by molar-refractivity contribution is 5.82. The van der Waals surface area contributed by atoms with Crippen LogP contribution >= 0.6 is 0 Å². The summed E-state index contributed by atoms with van der Waals surface area (Å²) in [5.41, 5.74) is 1.53. The lowest BCUT2D eigenvalue weighted by Gasteiger charge is -2.27. The molecule has 2 aromatic heterocycles. The van der Waals surface area contributed by atoms with Gasteiger partial charge in [0.1, 0.15) is 17.5 Å². The van der Waals surface area contributed by atoms with E-state index in [1.807, 2.05) is 11.0 Å². The molecule has 132 valence electrons. The number of hydrogen-bond acceptors (Lipinski definition) is 5. The third kappa shape index (κ3) is 1.85. The Hall–Kier alpha value is -3.08. The van der Waals surface area contributed by atoms with Crippen LogP contribution in [-0.2, 0) is 4.79 Å². The molecule has 2 fully saturated rings. The second-order valence-electron chi connectivity index (χ2n) is 7.34. The van der Waals surface area contributed by atoms with Gasteiger partial charge in [-0.25, -0.2) is 14.3 Å². The van der Waals surface area contributed by atoms with Gasteiger partial charge >= 0.3 is 5.69 Å². The van der Waals surface area contributed by atoms with Crippen LogP contribution in [-0.4, -0.2) is 36.6 Å². The van der Waals surface area contributed by atoms with Gasteiger partial charge in [-0.3, -0.25) is 9.36 Å². The molecule has 2 atom stereocenters. The fourth-order valence-corrected chi connectivity index (χ4v) is 4.29. The van der Waals surface area contributed by atoms with E-state index in [9.17, 15) is 14.7 Å². The second-order valence-corrected chi connectivity index (χ2v) is 7.34. The van der Waals surface area contributed by atoms with E-state index in [1.165, 1.54) is 10.8 Å². The SMILES string of the molecule is Cc1cc(-n2c(O)c3n(c2=O)[C@@H]2CC3N(C(=O)C3CC3)C2)cnc1C#N. The van der Waals surface area contributed by atoms with Gasteiger partial charge in [-0.05, 0) is 37.8 Å². The third-order valence-corrected chi connectivity index (χ3v) is 5.70. The fraction of sp³-hybridized carbons (Fsp3) is 0.444. The summed E-state index contributed by atoms with van der Waals surface area (Å²) in [6.45, 7) is 2.27. The Kier molecular flexibility index (Phi) is 2.91. The predicted octanol–water partition coefficient (Wildman–Crippen LogP) is 1.16. The van der Waals surface area contributed by atoms with Gasteiger partial charge in [0.05, 0.1) is 24.0 Å². The van der Waals surface area contributed by atoms with Crippen LogP contribution in [0.5, 0.6) is 5.88 Å². The summed E-state index contributed by atoms with van der Waals surface area (Å²) in [6, 6.07) is 3.32. The van der Waals surface area contributed by atoms with E-state index in [0.29, 0.717) is 29.9 Å². The van der Waals surface area contributed by atoms with E-state index >= 15 is 0 Å². The minimum atomic E-state index is -0.325. The number of aromatic hydroxyl groups is 1. The number of nitrogens with zero attached hydrogens (tertiary/aromatic N) is 5. The molecule has 1 aliphatic carbocycles. The number of aryl methyl sites for hydroxylation is 1. The summed E-state index contributed by atoms with van der Waals surface area (Å²) in [6.07, 6.45) is 3.96. The number of imidazole rings is 1. The fourth-order valence-electron chi connectivity index (χ4n) is 4.29. The first-order valence-corrected chi connectivity index (χ1v) is 8.75. The van der Waals surface area contributed by atoms with Crippen molar-refractivity contribution in [2.24, 2.45) is 5.92 Å². The molecule has 0 spiro atoms. The predicted molar refractivity (Wildman–Crippen MR) is 89.8 cm³/mol. The molecule has 4 heterocycles. The molecule has 0 aromatic carbocycles.